The zero-order chi connectivity index (χ0) is 14.8. The van der Waals surface area contributed by atoms with Crippen LogP contribution in [0.4, 0.5) is 5.13 Å². The van der Waals surface area contributed by atoms with E-state index in [1.165, 1.54) is 28.5 Å². The summed E-state index contributed by atoms with van der Waals surface area (Å²) in [6, 6.07) is 1.11. The van der Waals surface area contributed by atoms with Crippen molar-refractivity contribution < 1.29 is 4.74 Å². The second-order valence-electron chi connectivity index (χ2n) is 6.57. The maximum absolute atomic E-state index is 5.47. The molecule has 0 unspecified atom stereocenters. The van der Waals surface area contributed by atoms with Gasteiger partial charge in [-0.15, -0.1) is 11.3 Å². The van der Waals surface area contributed by atoms with Gasteiger partial charge >= 0.3 is 0 Å². The van der Waals surface area contributed by atoms with Gasteiger partial charge in [-0.3, -0.25) is 0 Å². The van der Waals surface area contributed by atoms with Crippen LogP contribution in [0.15, 0.2) is 0 Å². The van der Waals surface area contributed by atoms with E-state index in [-0.39, 0.29) is 0 Å². The van der Waals surface area contributed by atoms with E-state index in [1.807, 2.05) is 11.3 Å². The van der Waals surface area contributed by atoms with Crippen LogP contribution in [0.2, 0.25) is 0 Å². The largest absolute Gasteiger partial charge is 0.381 e. The maximum Gasteiger partial charge on any atom is 0.185 e. The number of nitrogens with one attached hydrogen (secondary N) is 1. The van der Waals surface area contributed by atoms with Crippen molar-refractivity contribution in [3.63, 3.8) is 0 Å². The Balaban J connectivity index is 1.73. The fourth-order valence-electron chi connectivity index (χ4n) is 2.83. The summed E-state index contributed by atoms with van der Waals surface area (Å²) in [5.41, 5.74) is 1.36. The Kier molecular flexibility index (Phi) is 4.82. The molecule has 2 fully saturated rings. The van der Waals surface area contributed by atoms with Crippen LogP contribution in [0, 0.1) is 0 Å². The smallest absolute Gasteiger partial charge is 0.185 e. The Morgan fingerprint density at radius 1 is 1.29 bits per heavy atom. The number of anilines is 1. The van der Waals surface area contributed by atoms with E-state index in [2.05, 4.69) is 31.1 Å². The molecule has 4 nitrogen and oxygen atoms in total. The molecule has 2 heterocycles. The van der Waals surface area contributed by atoms with Crippen molar-refractivity contribution in [1.29, 1.82) is 0 Å². The van der Waals surface area contributed by atoms with Crippen molar-refractivity contribution in [3.05, 3.63) is 10.6 Å². The zero-order valence-corrected chi connectivity index (χ0v) is 14.2. The van der Waals surface area contributed by atoms with Crippen LogP contribution in [0.3, 0.4) is 0 Å². The number of hydrogen-bond donors (Lipinski definition) is 1. The van der Waals surface area contributed by atoms with E-state index in [0.29, 0.717) is 12.1 Å². The molecule has 0 bridgehead atoms. The highest BCUT2D eigenvalue weighted by atomic mass is 32.1. The van der Waals surface area contributed by atoms with E-state index < -0.39 is 0 Å². The first-order chi connectivity index (χ1) is 10.1. The Morgan fingerprint density at radius 3 is 2.62 bits per heavy atom. The van der Waals surface area contributed by atoms with E-state index in [9.17, 15) is 0 Å². The molecule has 118 valence electrons. The summed E-state index contributed by atoms with van der Waals surface area (Å²) in [5.74, 6) is 0.724. The number of rotatable bonds is 6. The Bertz CT molecular complexity index is 464. The van der Waals surface area contributed by atoms with Crippen LogP contribution >= 0.6 is 11.3 Å². The number of hydrogen-bond acceptors (Lipinski definition) is 5. The molecule has 3 rings (SSSR count). The molecule has 0 radical (unpaired) electrons. The van der Waals surface area contributed by atoms with Gasteiger partial charge in [0.25, 0.3) is 0 Å². The van der Waals surface area contributed by atoms with Gasteiger partial charge in [-0.2, -0.15) is 0 Å². The van der Waals surface area contributed by atoms with Gasteiger partial charge in [0.15, 0.2) is 5.13 Å². The zero-order valence-electron chi connectivity index (χ0n) is 13.4. The second-order valence-corrected chi connectivity index (χ2v) is 7.63. The first kappa shape index (κ1) is 15.3. The van der Waals surface area contributed by atoms with E-state index in [1.54, 1.807) is 0 Å². The summed E-state index contributed by atoms with van der Waals surface area (Å²) in [7, 11) is 2.20. The Hall–Kier alpha value is -0.650. The molecular formula is C16H27N3OS. The molecule has 0 atom stereocenters. The molecule has 0 aromatic carbocycles. The lowest BCUT2D eigenvalue weighted by Crippen LogP contribution is -2.36. The molecule has 1 N–H and O–H groups in total. The van der Waals surface area contributed by atoms with Gasteiger partial charge in [-0.1, -0.05) is 13.8 Å². The van der Waals surface area contributed by atoms with Crippen LogP contribution in [-0.4, -0.2) is 37.3 Å². The summed E-state index contributed by atoms with van der Waals surface area (Å²) in [5, 5.41) is 4.75. The minimum absolute atomic E-state index is 0.524. The second kappa shape index (κ2) is 6.63. The lowest BCUT2D eigenvalue weighted by molar-refractivity contribution is 0.0855. The molecule has 0 spiro atoms. The monoisotopic (exact) mass is 309 g/mol. The lowest BCUT2D eigenvalue weighted by atomic mass is 10.1. The summed E-state index contributed by atoms with van der Waals surface area (Å²) in [4.78, 5) is 8.82. The summed E-state index contributed by atoms with van der Waals surface area (Å²) in [6.07, 6.45) is 4.88. The summed E-state index contributed by atoms with van der Waals surface area (Å²) in [6.45, 7) is 7.14. The third-order valence-electron chi connectivity index (χ3n) is 4.39. The molecular weight excluding hydrogens is 282 g/mol. The molecule has 1 saturated carbocycles. The van der Waals surface area contributed by atoms with Gasteiger partial charge in [0.05, 0.1) is 5.69 Å². The van der Waals surface area contributed by atoms with Gasteiger partial charge < -0.3 is 15.0 Å². The van der Waals surface area contributed by atoms with Gasteiger partial charge in [-0.05, 0) is 25.7 Å². The Labute approximate surface area is 131 Å². The number of nitrogens with zero attached hydrogens (tertiary/aromatic N) is 2. The van der Waals surface area contributed by atoms with Crippen molar-refractivity contribution >= 4 is 16.5 Å². The molecule has 1 aromatic heterocycles. The predicted molar refractivity (Wildman–Crippen MR) is 88.3 cm³/mol. The van der Waals surface area contributed by atoms with Gasteiger partial charge in [0.2, 0.25) is 0 Å². The minimum Gasteiger partial charge on any atom is -0.381 e. The van der Waals surface area contributed by atoms with E-state index in [4.69, 9.17) is 9.72 Å². The lowest BCUT2D eigenvalue weighted by Gasteiger charge is -2.30. The average Bonchev–Trinajstić information content (AvgIpc) is 3.25. The molecule has 1 saturated heterocycles. The molecule has 21 heavy (non-hydrogen) atoms. The SMILES string of the molecule is CC(C)NCc1sc(N(C)C2CCOCC2)nc1C1CC1. The van der Waals surface area contributed by atoms with Crippen LogP contribution in [0.1, 0.15) is 56.0 Å². The van der Waals surface area contributed by atoms with Crippen LogP contribution in [0.25, 0.3) is 0 Å². The molecule has 2 aliphatic rings. The van der Waals surface area contributed by atoms with Gasteiger partial charge in [0, 0.05) is 49.7 Å². The highest BCUT2D eigenvalue weighted by molar-refractivity contribution is 7.15. The van der Waals surface area contributed by atoms with Crippen LogP contribution < -0.4 is 10.2 Å². The van der Waals surface area contributed by atoms with Crippen molar-refractivity contribution in [1.82, 2.24) is 10.3 Å². The highest BCUT2D eigenvalue weighted by Crippen LogP contribution is 2.44. The number of ether oxygens (including phenoxy) is 1. The first-order valence-electron chi connectivity index (χ1n) is 8.18. The normalized spacial score (nSPS) is 20.2. The molecule has 5 heteroatoms. The van der Waals surface area contributed by atoms with Crippen LogP contribution in [-0.2, 0) is 11.3 Å². The minimum atomic E-state index is 0.524. The molecule has 1 aliphatic heterocycles. The van der Waals surface area contributed by atoms with Gasteiger partial charge in [-0.25, -0.2) is 4.98 Å². The molecule has 0 amide bonds. The van der Waals surface area contributed by atoms with Crippen LogP contribution in [0.5, 0.6) is 0 Å². The average molecular weight is 309 g/mol. The topological polar surface area (TPSA) is 37.4 Å². The number of thiazole rings is 1. The molecule has 1 aliphatic carbocycles. The Morgan fingerprint density at radius 2 is 2.00 bits per heavy atom. The first-order valence-corrected chi connectivity index (χ1v) is 9.00. The van der Waals surface area contributed by atoms with Crippen molar-refractivity contribution in [2.45, 2.75) is 64.1 Å². The summed E-state index contributed by atoms with van der Waals surface area (Å²) < 4.78 is 5.47. The summed E-state index contributed by atoms with van der Waals surface area (Å²) >= 11 is 1.88. The van der Waals surface area contributed by atoms with E-state index in [0.717, 1.165) is 38.5 Å². The maximum atomic E-state index is 5.47. The van der Waals surface area contributed by atoms with Crippen molar-refractivity contribution in [2.24, 2.45) is 0 Å². The predicted octanol–water partition coefficient (Wildman–Crippen LogP) is 3.13. The fourth-order valence-corrected chi connectivity index (χ4v) is 3.96. The van der Waals surface area contributed by atoms with Crippen molar-refractivity contribution in [2.75, 3.05) is 25.2 Å². The highest BCUT2D eigenvalue weighted by Gasteiger charge is 2.31. The van der Waals surface area contributed by atoms with E-state index >= 15 is 0 Å². The third-order valence-corrected chi connectivity index (χ3v) is 5.55. The quantitative estimate of drug-likeness (QED) is 0.876. The van der Waals surface area contributed by atoms with Crippen molar-refractivity contribution in [3.8, 4) is 0 Å². The fraction of sp³-hybridized carbons (Fsp3) is 0.812. The molecule has 1 aromatic rings. The van der Waals surface area contributed by atoms with Gasteiger partial charge in [0.1, 0.15) is 0 Å². The third kappa shape index (κ3) is 3.76. The number of aromatic nitrogens is 1. The standard InChI is InChI=1S/C16H27N3OS/c1-11(2)17-10-14-15(12-4-5-12)18-16(21-14)19(3)13-6-8-20-9-7-13/h11-13,17H,4-10H2,1-3H3.